The summed E-state index contributed by atoms with van der Waals surface area (Å²) in [5.41, 5.74) is 5.60. The minimum absolute atomic E-state index is 0.0634. The number of amides is 2. The van der Waals surface area contributed by atoms with E-state index in [1.54, 1.807) is 4.90 Å². The van der Waals surface area contributed by atoms with Crippen LogP contribution in [0.4, 0.5) is 11.4 Å². The summed E-state index contributed by atoms with van der Waals surface area (Å²) in [6.45, 7) is 9.30. The third-order valence-electron chi connectivity index (χ3n) is 7.11. The zero-order valence-corrected chi connectivity index (χ0v) is 23.5. The predicted octanol–water partition coefficient (Wildman–Crippen LogP) is 5.94. The van der Waals surface area contributed by atoms with Gasteiger partial charge >= 0.3 is 0 Å². The van der Waals surface area contributed by atoms with Crippen molar-refractivity contribution in [1.29, 1.82) is 0 Å². The van der Waals surface area contributed by atoms with Crippen molar-refractivity contribution in [2.75, 3.05) is 41.7 Å². The van der Waals surface area contributed by atoms with Gasteiger partial charge in [0.15, 0.2) is 5.17 Å². The van der Waals surface area contributed by atoms with Crippen LogP contribution in [0.5, 0.6) is 0 Å². The zero-order valence-electron chi connectivity index (χ0n) is 22.7. The molecule has 0 aromatic heterocycles. The third-order valence-corrected chi connectivity index (χ3v) is 8.03. The fourth-order valence-corrected chi connectivity index (χ4v) is 5.64. The predicted molar refractivity (Wildman–Crippen MR) is 162 cm³/mol. The molecule has 0 saturated carbocycles. The van der Waals surface area contributed by atoms with Gasteiger partial charge in [0.25, 0.3) is 5.91 Å². The first-order valence-electron chi connectivity index (χ1n) is 13.4. The maximum Gasteiger partial charge on any atom is 0.283 e. The maximum atomic E-state index is 13.5. The summed E-state index contributed by atoms with van der Waals surface area (Å²) in [7, 11) is 0. The second-order valence-electron chi connectivity index (χ2n) is 10.2. The van der Waals surface area contributed by atoms with Gasteiger partial charge in [0, 0.05) is 31.9 Å². The molecule has 2 aliphatic rings. The van der Waals surface area contributed by atoms with Crippen molar-refractivity contribution in [2.45, 2.75) is 26.7 Å². The average molecular weight is 539 g/mol. The zero-order chi connectivity index (χ0) is 27.4. The van der Waals surface area contributed by atoms with Crippen LogP contribution in [-0.4, -0.2) is 53.8 Å². The van der Waals surface area contributed by atoms with Crippen LogP contribution in [0.25, 0.3) is 6.08 Å². The Bertz CT molecular complexity index is 1370. The molecule has 0 spiro atoms. The minimum Gasteiger partial charge on any atom is -0.368 e. The number of piperazine rings is 1. The van der Waals surface area contributed by atoms with E-state index in [1.165, 1.54) is 23.0 Å². The molecule has 1 fully saturated rings. The molecule has 0 unspecified atom stereocenters. The van der Waals surface area contributed by atoms with Crippen molar-refractivity contribution < 1.29 is 9.59 Å². The summed E-state index contributed by atoms with van der Waals surface area (Å²) in [4.78, 5) is 37.2. The molecule has 1 saturated heterocycles. The number of rotatable bonds is 6. The van der Waals surface area contributed by atoms with Crippen LogP contribution in [-0.2, 0) is 9.59 Å². The molecule has 0 bridgehead atoms. The second-order valence-corrected chi connectivity index (χ2v) is 11.2. The Hall–Kier alpha value is -3.84. The van der Waals surface area contributed by atoms with Gasteiger partial charge in [0.05, 0.1) is 11.4 Å². The van der Waals surface area contributed by atoms with Crippen LogP contribution in [0.2, 0.25) is 0 Å². The molecule has 2 aliphatic heterocycles. The van der Waals surface area contributed by atoms with E-state index >= 15 is 0 Å². The summed E-state index contributed by atoms with van der Waals surface area (Å²) in [5.74, 6) is 0.555. The van der Waals surface area contributed by atoms with Gasteiger partial charge in [-0.2, -0.15) is 0 Å². The number of aliphatic imine (C=N–C) groups is 1. The third kappa shape index (κ3) is 6.25. The number of hydrogen-bond acceptors (Lipinski definition) is 5. The van der Waals surface area contributed by atoms with E-state index < -0.39 is 0 Å². The molecule has 2 heterocycles. The molecule has 39 heavy (non-hydrogen) atoms. The lowest BCUT2D eigenvalue weighted by molar-refractivity contribution is -0.128. The Morgan fingerprint density at radius 2 is 1.56 bits per heavy atom. The fraction of sp³-hybridized carbons (Fsp3) is 0.281. The maximum absolute atomic E-state index is 13.5. The van der Waals surface area contributed by atoms with Gasteiger partial charge in [-0.15, -0.1) is 0 Å². The highest BCUT2D eigenvalue weighted by atomic mass is 32.2. The van der Waals surface area contributed by atoms with Crippen LogP contribution in [0.3, 0.4) is 0 Å². The number of nitrogens with zero attached hydrogens (tertiary/aromatic N) is 4. The highest BCUT2D eigenvalue weighted by Crippen LogP contribution is 2.30. The molecule has 200 valence electrons. The van der Waals surface area contributed by atoms with Crippen LogP contribution < -0.4 is 9.80 Å². The van der Waals surface area contributed by atoms with Crippen molar-refractivity contribution in [1.82, 2.24) is 4.90 Å². The van der Waals surface area contributed by atoms with Crippen LogP contribution in [0, 0.1) is 6.92 Å². The lowest BCUT2D eigenvalue weighted by Gasteiger charge is -2.36. The van der Waals surface area contributed by atoms with Crippen molar-refractivity contribution >= 4 is 46.2 Å². The molecular weight excluding hydrogens is 504 g/mol. The molecule has 3 aromatic carbocycles. The summed E-state index contributed by atoms with van der Waals surface area (Å²) < 4.78 is 0. The first kappa shape index (κ1) is 26.8. The summed E-state index contributed by atoms with van der Waals surface area (Å²) in [6, 6.07) is 26.3. The largest absolute Gasteiger partial charge is 0.368 e. The van der Waals surface area contributed by atoms with Crippen molar-refractivity contribution in [2.24, 2.45) is 4.99 Å². The number of aryl methyl sites for hydroxylation is 1. The topological polar surface area (TPSA) is 56.2 Å². The molecule has 0 radical (unpaired) electrons. The fourth-order valence-electron chi connectivity index (χ4n) is 4.72. The van der Waals surface area contributed by atoms with E-state index in [0.717, 1.165) is 29.9 Å². The lowest BCUT2D eigenvalue weighted by Crippen LogP contribution is -2.49. The van der Waals surface area contributed by atoms with Crippen molar-refractivity contribution in [3.05, 3.63) is 101 Å². The Labute approximate surface area is 235 Å². The van der Waals surface area contributed by atoms with E-state index in [-0.39, 0.29) is 17.6 Å². The molecular formula is C32H34N4O2S. The number of anilines is 2. The van der Waals surface area contributed by atoms with Gasteiger partial charge < -0.3 is 9.80 Å². The van der Waals surface area contributed by atoms with Gasteiger partial charge in [-0.05, 0) is 54.3 Å². The van der Waals surface area contributed by atoms with Gasteiger partial charge in [-0.1, -0.05) is 85.8 Å². The average Bonchev–Trinajstić information content (AvgIpc) is 3.27. The number of amidine groups is 1. The van der Waals surface area contributed by atoms with Gasteiger partial charge in [-0.3, -0.25) is 14.5 Å². The molecule has 3 aromatic rings. The molecule has 0 aliphatic carbocycles. The first-order chi connectivity index (χ1) is 18.9. The lowest BCUT2D eigenvalue weighted by atomic mass is 10.0. The summed E-state index contributed by atoms with van der Waals surface area (Å²) >= 11 is 1.32. The van der Waals surface area contributed by atoms with E-state index in [0.29, 0.717) is 29.9 Å². The van der Waals surface area contributed by atoms with Crippen molar-refractivity contribution in [3.63, 3.8) is 0 Å². The molecule has 5 rings (SSSR count). The molecule has 6 nitrogen and oxygen atoms in total. The number of thioether (sulfide) groups is 1. The van der Waals surface area contributed by atoms with Gasteiger partial charge in [-0.25, -0.2) is 4.99 Å². The number of carbonyl (C=O) groups excluding carboxylic acids is 2. The quantitative estimate of drug-likeness (QED) is 0.364. The summed E-state index contributed by atoms with van der Waals surface area (Å²) in [5, 5.41) is 0.533. The van der Waals surface area contributed by atoms with Gasteiger partial charge in [0.1, 0.15) is 5.70 Å². The van der Waals surface area contributed by atoms with Crippen LogP contribution in [0.15, 0.2) is 89.6 Å². The highest BCUT2D eigenvalue weighted by Gasteiger charge is 2.33. The molecule has 2 amide bonds. The number of hydrogen-bond donors (Lipinski definition) is 0. The standard InChI is InChI=1S/C32H34N4O2S/c1-23(2)26-13-11-25(12-14-26)21-29-31(38)36(28-15-9-24(3)10-16-28)32(33-29)39-22-30(37)35-19-17-34(18-20-35)27-7-5-4-6-8-27/h4-16,21,23H,17-20,22H2,1-3H3/b29-21-. The SMILES string of the molecule is Cc1ccc(N2C(=O)/C(=C/c3ccc(C(C)C)cc3)N=C2SCC(=O)N2CCN(c3ccccc3)CC2)cc1. The second kappa shape index (κ2) is 11.9. The summed E-state index contributed by atoms with van der Waals surface area (Å²) in [6.07, 6.45) is 1.83. The van der Waals surface area contributed by atoms with Crippen molar-refractivity contribution in [3.8, 4) is 0 Å². The Balaban J connectivity index is 1.30. The van der Waals surface area contributed by atoms with E-state index in [9.17, 15) is 9.59 Å². The van der Waals surface area contributed by atoms with Gasteiger partial charge in [0.2, 0.25) is 5.91 Å². The molecule has 0 N–H and O–H groups in total. The monoisotopic (exact) mass is 538 g/mol. The smallest absolute Gasteiger partial charge is 0.283 e. The number of carbonyl (C=O) groups is 2. The normalized spacial score (nSPS) is 16.8. The Morgan fingerprint density at radius 3 is 2.21 bits per heavy atom. The molecule has 0 atom stereocenters. The minimum atomic E-state index is -0.182. The number of para-hydroxylation sites is 1. The van der Waals surface area contributed by atoms with Crippen LogP contribution in [0.1, 0.15) is 36.5 Å². The number of benzene rings is 3. The van der Waals surface area contributed by atoms with E-state index in [1.807, 2.05) is 72.5 Å². The highest BCUT2D eigenvalue weighted by molar-refractivity contribution is 8.14. The van der Waals surface area contributed by atoms with Crippen LogP contribution >= 0.6 is 11.8 Å². The first-order valence-corrected chi connectivity index (χ1v) is 14.4. The Kier molecular flexibility index (Phi) is 8.17. The van der Waals surface area contributed by atoms with E-state index in [2.05, 4.69) is 43.0 Å². The van der Waals surface area contributed by atoms with E-state index in [4.69, 9.17) is 4.99 Å². The molecule has 7 heteroatoms. The Morgan fingerprint density at radius 1 is 0.897 bits per heavy atom.